The molecule has 3 aliphatic rings. The number of aliphatic imine (C=N–C) groups is 1. The van der Waals surface area contributed by atoms with Gasteiger partial charge in [0, 0.05) is 25.2 Å². The van der Waals surface area contributed by atoms with Gasteiger partial charge in [0.1, 0.15) is 18.1 Å². The number of carbonyl (C=O) groups is 1. The summed E-state index contributed by atoms with van der Waals surface area (Å²) in [6, 6.07) is 15.7. The summed E-state index contributed by atoms with van der Waals surface area (Å²) in [5, 5.41) is 0. The third-order valence-electron chi connectivity index (χ3n) is 7.45. The summed E-state index contributed by atoms with van der Waals surface area (Å²) in [5.41, 5.74) is 8.00. The molecule has 0 unspecified atom stereocenters. The second kappa shape index (κ2) is 13.9. The first-order valence-electron chi connectivity index (χ1n) is 13.9. The fraction of sp³-hybridized carbons (Fsp3) is 0.533. The zero-order valence-corrected chi connectivity index (χ0v) is 22.2. The molecular weight excluding hydrogens is 464 g/mol. The number of carbonyl (C=O) groups excluding carboxylic acids is 1. The van der Waals surface area contributed by atoms with E-state index in [9.17, 15) is 4.79 Å². The average Bonchev–Trinajstić information content (AvgIpc) is 2.95. The van der Waals surface area contributed by atoms with Gasteiger partial charge in [0.2, 0.25) is 0 Å². The van der Waals surface area contributed by atoms with E-state index in [0.717, 1.165) is 35.6 Å². The molecule has 7 nitrogen and oxygen atoms in total. The van der Waals surface area contributed by atoms with Gasteiger partial charge in [-0.2, -0.15) is 0 Å². The van der Waals surface area contributed by atoms with Gasteiger partial charge in [0.05, 0.1) is 12.2 Å². The lowest BCUT2D eigenvalue weighted by Crippen LogP contribution is -2.42. The lowest BCUT2D eigenvalue weighted by atomic mass is 9.95. The lowest BCUT2D eigenvalue weighted by molar-refractivity contribution is 0.0842. The van der Waals surface area contributed by atoms with Crippen LogP contribution in [-0.4, -0.2) is 48.1 Å². The smallest absolute Gasteiger partial charge is 0.409 e. The van der Waals surface area contributed by atoms with Crippen molar-refractivity contribution in [3.8, 4) is 11.5 Å². The highest BCUT2D eigenvalue weighted by Gasteiger charge is 2.24. The molecule has 2 saturated carbocycles. The van der Waals surface area contributed by atoms with Crippen molar-refractivity contribution >= 4 is 17.7 Å². The number of hydrogen-bond acceptors (Lipinski definition) is 6. The van der Waals surface area contributed by atoms with Crippen LogP contribution >= 0.6 is 0 Å². The Morgan fingerprint density at radius 3 is 2.27 bits per heavy atom. The maximum atomic E-state index is 12.4. The molecule has 2 fully saturated rings. The molecule has 0 saturated heterocycles. The summed E-state index contributed by atoms with van der Waals surface area (Å²) in [5.74, 6) is 1.97. The molecule has 1 aliphatic heterocycles. The predicted octanol–water partition coefficient (Wildman–Crippen LogP) is 6.98. The molecule has 200 valence electrons. The topological polar surface area (TPSA) is 80.4 Å². The van der Waals surface area contributed by atoms with Gasteiger partial charge in [0.15, 0.2) is 5.96 Å². The highest BCUT2D eigenvalue weighted by Crippen LogP contribution is 2.31. The fourth-order valence-corrected chi connectivity index (χ4v) is 5.18. The fourth-order valence-electron chi connectivity index (χ4n) is 5.18. The van der Waals surface area contributed by atoms with Crippen molar-refractivity contribution in [3.05, 3.63) is 54.1 Å². The standard InChI is InChI=1S/C24H30N4O3.C6H12/c1-27(19-8-4-2-5-9-19)24(29)30-15-14-28-17-18-16-21(12-13-22(18)26-23(28)25)31-20-10-6-3-7-11-20;1-2-4-6-5-3-1/h3,6-7,10-13,16,19H,2,4-5,8-9,14-15,17H2,1H3,(H2,25,26);1-6H2. The van der Waals surface area contributed by atoms with Gasteiger partial charge in [-0.25, -0.2) is 9.79 Å². The minimum atomic E-state index is -0.265. The first kappa shape index (κ1) is 26.8. The van der Waals surface area contributed by atoms with Crippen molar-refractivity contribution in [2.75, 3.05) is 20.2 Å². The number of para-hydroxylation sites is 1. The van der Waals surface area contributed by atoms with Crippen LogP contribution in [0.25, 0.3) is 0 Å². The Morgan fingerprint density at radius 2 is 1.59 bits per heavy atom. The molecule has 0 aromatic heterocycles. The highest BCUT2D eigenvalue weighted by molar-refractivity contribution is 5.83. The second-order valence-corrected chi connectivity index (χ2v) is 10.2. The van der Waals surface area contributed by atoms with Crippen molar-refractivity contribution in [2.24, 2.45) is 10.7 Å². The number of amides is 1. The normalized spacial score (nSPS) is 17.5. The Hall–Kier alpha value is -3.22. The molecule has 2 N–H and O–H groups in total. The number of nitrogens with zero attached hydrogens (tertiary/aromatic N) is 3. The Morgan fingerprint density at radius 1 is 0.946 bits per heavy atom. The molecule has 1 amide bonds. The number of hydrogen-bond donors (Lipinski definition) is 1. The number of fused-ring (bicyclic) bond motifs is 1. The van der Waals surface area contributed by atoms with Gasteiger partial charge in [-0.1, -0.05) is 76.0 Å². The monoisotopic (exact) mass is 506 g/mol. The van der Waals surface area contributed by atoms with E-state index < -0.39 is 0 Å². The summed E-state index contributed by atoms with van der Waals surface area (Å²) >= 11 is 0. The first-order valence-corrected chi connectivity index (χ1v) is 13.9. The molecule has 2 aromatic rings. The van der Waals surface area contributed by atoms with E-state index in [1.54, 1.807) is 4.90 Å². The number of benzene rings is 2. The molecule has 1 heterocycles. The molecule has 0 spiro atoms. The summed E-state index contributed by atoms with van der Waals surface area (Å²) < 4.78 is 11.4. The third kappa shape index (κ3) is 8.14. The van der Waals surface area contributed by atoms with Crippen molar-refractivity contribution < 1.29 is 14.3 Å². The van der Waals surface area contributed by atoms with Gasteiger partial charge in [-0.15, -0.1) is 0 Å². The molecule has 0 atom stereocenters. The van der Waals surface area contributed by atoms with Crippen LogP contribution in [0.3, 0.4) is 0 Å². The van der Waals surface area contributed by atoms with Crippen LogP contribution in [0, 0.1) is 0 Å². The minimum absolute atomic E-state index is 0.265. The number of rotatable bonds is 6. The molecule has 5 rings (SSSR count). The van der Waals surface area contributed by atoms with Crippen molar-refractivity contribution in [1.82, 2.24) is 9.80 Å². The Kier molecular flexibility index (Phi) is 10.1. The van der Waals surface area contributed by atoms with Gasteiger partial charge in [-0.3, -0.25) is 0 Å². The number of ether oxygens (including phenoxy) is 2. The van der Waals surface area contributed by atoms with Gasteiger partial charge >= 0.3 is 6.09 Å². The quantitative estimate of drug-likeness (QED) is 0.457. The number of nitrogens with two attached hydrogens (primary N) is 1. The predicted molar refractivity (Wildman–Crippen MR) is 148 cm³/mol. The zero-order valence-electron chi connectivity index (χ0n) is 22.2. The summed E-state index contributed by atoms with van der Waals surface area (Å²) in [4.78, 5) is 20.5. The molecule has 37 heavy (non-hydrogen) atoms. The van der Waals surface area contributed by atoms with Crippen LogP contribution in [0.4, 0.5) is 10.5 Å². The van der Waals surface area contributed by atoms with Gasteiger partial charge < -0.3 is 25.0 Å². The Balaban J connectivity index is 0.000000469. The van der Waals surface area contributed by atoms with Crippen LogP contribution in [0.2, 0.25) is 0 Å². The van der Waals surface area contributed by atoms with Crippen molar-refractivity contribution in [1.29, 1.82) is 0 Å². The van der Waals surface area contributed by atoms with E-state index in [0.29, 0.717) is 19.0 Å². The molecular formula is C30H42N4O3. The molecule has 7 heteroatoms. The summed E-state index contributed by atoms with van der Waals surface area (Å²) in [6.07, 6.45) is 14.5. The van der Waals surface area contributed by atoms with E-state index in [1.165, 1.54) is 57.8 Å². The van der Waals surface area contributed by atoms with Crippen LogP contribution in [0.15, 0.2) is 53.5 Å². The largest absolute Gasteiger partial charge is 0.457 e. The third-order valence-corrected chi connectivity index (χ3v) is 7.45. The first-order chi connectivity index (χ1) is 18.1. The van der Waals surface area contributed by atoms with E-state index in [2.05, 4.69) is 4.99 Å². The van der Waals surface area contributed by atoms with Crippen LogP contribution < -0.4 is 10.5 Å². The van der Waals surface area contributed by atoms with E-state index in [1.807, 2.05) is 60.5 Å². The average molecular weight is 507 g/mol. The minimum Gasteiger partial charge on any atom is -0.457 e. The van der Waals surface area contributed by atoms with Crippen molar-refractivity contribution in [2.45, 2.75) is 83.2 Å². The van der Waals surface area contributed by atoms with E-state index >= 15 is 0 Å². The Bertz CT molecular complexity index is 1010. The van der Waals surface area contributed by atoms with Gasteiger partial charge in [0.25, 0.3) is 0 Å². The molecule has 2 aliphatic carbocycles. The highest BCUT2D eigenvalue weighted by atomic mass is 16.6. The lowest BCUT2D eigenvalue weighted by Gasteiger charge is -2.31. The van der Waals surface area contributed by atoms with Crippen LogP contribution in [0.1, 0.15) is 76.2 Å². The Labute approximate surface area is 221 Å². The number of guanidine groups is 1. The SMILES string of the molecule is C1CCCCC1.CN(C(=O)OCCN1Cc2cc(Oc3ccccc3)ccc2N=C1N)C1CCCCC1. The molecule has 0 bridgehead atoms. The maximum Gasteiger partial charge on any atom is 0.409 e. The van der Waals surface area contributed by atoms with E-state index in [-0.39, 0.29) is 18.7 Å². The van der Waals surface area contributed by atoms with Crippen molar-refractivity contribution in [3.63, 3.8) is 0 Å². The van der Waals surface area contributed by atoms with Gasteiger partial charge in [-0.05, 0) is 43.2 Å². The summed E-state index contributed by atoms with van der Waals surface area (Å²) in [6.45, 7) is 1.34. The molecule has 2 aromatic carbocycles. The second-order valence-electron chi connectivity index (χ2n) is 10.2. The van der Waals surface area contributed by atoms with Crippen LogP contribution in [-0.2, 0) is 11.3 Å². The van der Waals surface area contributed by atoms with E-state index in [4.69, 9.17) is 15.2 Å². The maximum absolute atomic E-state index is 12.4. The zero-order chi connectivity index (χ0) is 25.9. The molecule has 0 radical (unpaired) electrons. The van der Waals surface area contributed by atoms with Crippen LogP contribution in [0.5, 0.6) is 11.5 Å². The summed E-state index contributed by atoms with van der Waals surface area (Å²) in [7, 11) is 1.83.